The topological polar surface area (TPSA) is 78.5 Å². The number of nitrogens with one attached hydrogen (secondary N) is 2. The average Bonchev–Trinajstić information content (AvgIpc) is 3.20. The molecule has 3 aromatic rings. The first-order valence-corrected chi connectivity index (χ1v) is 10.6. The van der Waals surface area contributed by atoms with Gasteiger partial charge in [-0.1, -0.05) is 36.4 Å². The predicted molar refractivity (Wildman–Crippen MR) is 125 cm³/mol. The molecule has 162 valence electrons. The van der Waals surface area contributed by atoms with Gasteiger partial charge in [0.2, 0.25) is 5.91 Å². The zero-order valence-electron chi connectivity index (χ0n) is 17.9. The molecule has 1 aliphatic rings. The number of carbonyl (C=O) groups is 3. The van der Waals surface area contributed by atoms with Crippen molar-refractivity contribution >= 4 is 29.1 Å². The molecule has 32 heavy (non-hydrogen) atoms. The van der Waals surface area contributed by atoms with Gasteiger partial charge >= 0.3 is 0 Å². The molecule has 1 saturated heterocycles. The molecule has 0 aromatic heterocycles. The summed E-state index contributed by atoms with van der Waals surface area (Å²) in [5, 5.41) is 5.79. The quantitative estimate of drug-likeness (QED) is 0.602. The molecule has 1 fully saturated rings. The van der Waals surface area contributed by atoms with Gasteiger partial charge in [0.1, 0.15) is 0 Å². The van der Waals surface area contributed by atoms with Crippen LogP contribution in [0, 0.1) is 6.92 Å². The molecule has 0 unspecified atom stereocenters. The van der Waals surface area contributed by atoms with Crippen molar-refractivity contribution in [3.8, 4) is 0 Å². The second kappa shape index (κ2) is 9.47. The van der Waals surface area contributed by atoms with Gasteiger partial charge < -0.3 is 15.5 Å². The molecule has 2 N–H and O–H groups in total. The third-order valence-electron chi connectivity index (χ3n) is 5.51. The van der Waals surface area contributed by atoms with Gasteiger partial charge in [0.05, 0.1) is 0 Å². The molecule has 0 spiro atoms. The number of amides is 3. The Labute approximate surface area is 187 Å². The van der Waals surface area contributed by atoms with E-state index in [9.17, 15) is 14.4 Å². The monoisotopic (exact) mass is 427 g/mol. The summed E-state index contributed by atoms with van der Waals surface area (Å²) < 4.78 is 0. The first-order valence-electron chi connectivity index (χ1n) is 10.6. The first-order chi connectivity index (χ1) is 15.5. The van der Waals surface area contributed by atoms with Crippen LogP contribution in [-0.4, -0.2) is 29.2 Å². The van der Waals surface area contributed by atoms with Crippen LogP contribution in [-0.2, 0) is 11.3 Å². The molecule has 1 heterocycles. The van der Waals surface area contributed by atoms with E-state index < -0.39 is 0 Å². The Morgan fingerprint density at radius 1 is 0.875 bits per heavy atom. The molecular formula is C26H25N3O3. The lowest BCUT2D eigenvalue weighted by Crippen LogP contribution is -2.23. The van der Waals surface area contributed by atoms with E-state index in [4.69, 9.17) is 0 Å². The Kier molecular flexibility index (Phi) is 6.31. The zero-order chi connectivity index (χ0) is 22.5. The summed E-state index contributed by atoms with van der Waals surface area (Å²) in [6.45, 7) is 3.20. The minimum absolute atomic E-state index is 0.171. The lowest BCUT2D eigenvalue weighted by molar-refractivity contribution is -0.128. The lowest BCUT2D eigenvalue weighted by Gasteiger charge is -2.16. The number of rotatable bonds is 6. The van der Waals surface area contributed by atoms with Crippen molar-refractivity contribution in [2.45, 2.75) is 26.3 Å². The van der Waals surface area contributed by atoms with Crippen molar-refractivity contribution < 1.29 is 14.4 Å². The van der Waals surface area contributed by atoms with Gasteiger partial charge in [0, 0.05) is 42.0 Å². The van der Waals surface area contributed by atoms with Crippen LogP contribution in [0.5, 0.6) is 0 Å². The SMILES string of the molecule is Cc1ccc(C(=O)Nc2cccc(CN3CCCC3=O)c2)cc1NC(=O)c1ccccc1. The molecule has 0 atom stereocenters. The molecule has 6 heteroatoms. The number of aryl methyl sites for hydroxylation is 1. The lowest BCUT2D eigenvalue weighted by atomic mass is 10.1. The van der Waals surface area contributed by atoms with Gasteiger partial charge in [0.15, 0.2) is 0 Å². The van der Waals surface area contributed by atoms with Crippen LogP contribution in [0.2, 0.25) is 0 Å². The summed E-state index contributed by atoms with van der Waals surface area (Å²) in [6, 6.07) is 21.7. The second-order valence-electron chi connectivity index (χ2n) is 7.92. The molecule has 4 rings (SSSR count). The molecule has 3 aromatic carbocycles. The van der Waals surface area contributed by atoms with E-state index in [-0.39, 0.29) is 17.7 Å². The normalized spacial score (nSPS) is 13.2. The highest BCUT2D eigenvalue weighted by Crippen LogP contribution is 2.21. The molecule has 1 aliphatic heterocycles. The van der Waals surface area contributed by atoms with Gasteiger partial charge in [-0.15, -0.1) is 0 Å². The molecule has 0 aliphatic carbocycles. The Bertz CT molecular complexity index is 1160. The Hall–Kier alpha value is -3.93. The van der Waals surface area contributed by atoms with Crippen molar-refractivity contribution in [2.24, 2.45) is 0 Å². The molecule has 6 nitrogen and oxygen atoms in total. The van der Waals surface area contributed by atoms with Crippen LogP contribution >= 0.6 is 0 Å². The van der Waals surface area contributed by atoms with Gasteiger partial charge in [0.25, 0.3) is 11.8 Å². The van der Waals surface area contributed by atoms with Crippen molar-refractivity contribution in [1.29, 1.82) is 0 Å². The van der Waals surface area contributed by atoms with Crippen molar-refractivity contribution in [2.75, 3.05) is 17.2 Å². The largest absolute Gasteiger partial charge is 0.338 e. The van der Waals surface area contributed by atoms with Crippen LogP contribution < -0.4 is 10.6 Å². The summed E-state index contributed by atoms with van der Waals surface area (Å²) in [6.07, 6.45) is 1.50. The number of hydrogen-bond acceptors (Lipinski definition) is 3. The van der Waals surface area contributed by atoms with Gasteiger partial charge in [-0.3, -0.25) is 14.4 Å². The predicted octanol–water partition coefficient (Wildman–Crippen LogP) is 4.62. The fourth-order valence-corrected chi connectivity index (χ4v) is 3.72. The molecular weight excluding hydrogens is 402 g/mol. The van der Waals surface area contributed by atoms with E-state index >= 15 is 0 Å². The minimum Gasteiger partial charge on any atom is -0.338 e. The van der Waals surface area contributed by atoms with E-state index in [0.29, 0.717) is 35.5 Å². The number of carbonyl (C=O) groups excluding carboxylic acids is 3. The first kappa shape index (κ1) is 21.3. The molecule has 0 bridgehead atoms. The van der Waals surface area contributed by atoms with Crippen LogP contribution in [0.25, 0.3) is 0 Å². The van der Waals surface area contributed by atoms with Crippen molar-refractivity contribution in [3.63, 3.8) is 0 Å². The third-order valence-corrected chi connectivity index (χ3v) is 5.51. The van der Waals surface area contributed by atoms with Crippen LogP contribution in [0.15, 0.2) is 72.8 Å². The van der Waals surface area contributed by atoms with Crippen molar-refractivity contribution in [3.05, 3.63) is 95.1 Å². The van der Waals surface area contributed by atoms with Crippen LogP contribution in [0.4, 0.5) is 11.4 Å². The summed E-state index contributed by atoms with van der Waals surface area (Å²) in [5.41, 5.74) is 4.08. The number of nitrogens with zero attached hydrogens (tertiary/aromatic N) is 1. The summed E-state index contributed by atoms with van der Waals surface area (Å²) in [5.74, 6) is -0.325. The summed E-state index contributed by atoms with van der Waals surface area (Å²) in [7, 11) is 0. The standard InChI is InChI=1S/C26H25N3O3/c1-18-12-13-21(16-23(18)28-25(31)20-8-3-2-4-9-20)26(32)27-22-10-5-7-19(15-22)17-29-14-6-11-24(29)30/h2-5,7-10,12-13,15-16H,6,11,14,17H2,1H3,(H,27,32)(H,28,31). The molecule has 3 amide bonds. The van der Waals surface area contributed by atoms with E-state index in [1.54, 1.807) is 36.4 Å². The zero-order valence-corrected chi connectivity index (χ0v) is 17.9. The number of benzene rings is 3. The third kappa shape index (κ3) is 5.03. The highest BCUT2D eigenvalue weighted by molar-refractivity contribution is 6.07. The average molecular weight is 428 g/mol. The van der Waals surface area contributed by atoms with Crippen molar-refractivity contribution in [1.82, 2.24) is 4.90 Å². The van der Waals surface area contributed by atoms with Gasteiger partial charge in [-0.05, 0) is 60.9 Å². The number of likely N-dealkylation sites (tertiary alicyclic amines) is 1. The Morgan fingerprint density at radius 3 is 2.41 bits per heavy atom. The maximum Gasteiger partial charge on any atom is 0.255 e. The molecule has 0 saturated carbocycles. The van der Waals surface area contributed by atoms with E-state index in [2.05, 4.69) is 10.6 Å². The fraction of sp³-hybridized carbons (Fsp3) is 0.192. The van der Waals surface area contributed by atoms with Crippen LogP contribution in [0.3, 0.4) is 0 Å². The maximum atomic E-state index is 12.9. The Balaban J connectivity index is 1.45. The van der Waals surface area contributed by atoms with Gasteiger partial charge in [-0.2, -0.15) is 0 Å². The summed E-state index contributed by atoms with van der Waals surface area (Å²) in [4.78, 5) is 39.1. The maximum absolute atomic E-state index is 12.9. The van der Waals surface area contributed by atoms with E-state index in [0.717, 1.165) is 24.1 Å². The highest BCUT2D eigenvalue weighted by Gasteiger charge is 2.20. The highest BCUT2D eigenvalue weighted by atomic mass is 16.2. The smallest absolute Gasteiger partial charge is 0.255 e. The fourth-order valence-electron chi connectivity index (χ4n) is 3.72. The van der Waals surface area contributed by atoms with Crippen LogP contribution in [0.1, 0.15) is 44.7 Å². The van der Waals surface area contributed by atoms with E-state index in [1.807, 2.05) is 48.2 Å². The second-order valence-corrected chi connectivity index (χ2v) is 7.92. The number of hydrogen-bond donors (Lipinski definition) is 2. The minimum atomic E-state index is -0.269. The summed E-state index contributed by atoms with van der Waals surface area (Å²) >= 11 is 0. The Morgan fingerprint density at radius 2 is 1.66 bits per heavy atom. The van der Waals surface area contributed by atoms with Gasteiger partial charge in [-0.25, -0.2) is 0 Å². The molecule has 0 radical (unpaired) electrons. The van der Waals surface area contributed by atoms with E-state index in [1.165, 1.54) is 0 Å². The number of anilines is 2.